The predicted molar refractivity (Wildman–Crippen MR) is 81.6 cm³/mol. The van der Waals surface area contributed by atoms with Crippen LogP contribution < -0.4 is 5.32 Å². The number of carboxylic acid groups (broad SMARTS) is 1. The van der Waals surface area contributed by atoms with Crippen LogP contribution in [0.4, 0.5) is 11.4 Å². The van der Waals surface area contributed by atoms with Crippen LogP contribution in [-0.2, 0) is 17.6 Å². The Kier molecular flexibility index (Phi) is 4.41. The van der Waals surface area contributed by atoms with E-state index >= 15 is 0 Å². The maximum absolute atomic E-state index is 10.9. The second-order valence-corrected chi connectivity index (χ2v) is 4.82. The van der Waals surface area contributed by atoms with Gasteiger partial charge >= 0.3 is 5.97 Å². The van der Waals surface area contributed by atoms with Gasteiger partial charge in [-0.1, -0.05) is 43.3 Å². The first-order chi connectivity index (χ1) is 9.61. The highest BCUT2D eigenvalue weighted by Gasteiger charge is 2.09. The molecule has 2 rings (SSSR count). The van der Waals surface area contributed by atoms with Gasteiger partial charge in [-0.25, -0.2) is 0 Å². The highest BCUT2D eigenvalue weighted by Crippen LogP contribution is 2.27. The van der Waals surface area contributed by atoms with E-state index in [1.54, 1.807) is 0 Å². The minimum atomic E-state index is -0.820. The first-order valence-corrected chi connectivity index (χ1v) is 6.77. The van der Waals surface area contributed by atoms with Crippen molar-refractivity contribution in [2.24, 2.45) is 0 Å². The van der Waals surface area contributed by atoms with Gasteiger partial charge in [-0.2, -0.15) is 0 Å². The zero-order valence-corrected chi connectivity index (χ0v) is 11.8. The van der Waals surface area contributed by atoms with E-state index in [9.17, 15) is 4.79 Å². The summed E-state index contributed by atoms with van der Waals surface area (Å²) in [6, 6.07) is 13.7. The van der Waals surface area contributed by atoms with Crippen molar-refractivity contribution in [3.63, 3.8) is 0 Å². The quantitative estimate of drug-likeness (QED) is 0.864. The van der Waals surface area contributed by atoms with Gasteiger partial charge in [-0.15, -0.1) is 0 Å². The van der Waals surface area contributed by atoms with Gasteiger partial charge in [0.1, 0.15) is 0 Å². The number of carbonyl (C=O) groups is 1. The molecule has 0 spiro atoms. The fourth-order valence-electron chi connectivity index (χ4n) is 2.30. The van der Waals surface area contributed by atoms with Crippen LogP contribution in [0.25, 0.3) is 0 Å². The topological polar surface area (TPSA) is 49.3 Å². The molecular weight excluding hydrogens is 250 g/mol. The molecule has 0 aliphatic rings. The number of aryl methyl sites for hydroxylation is 2. The maximum Gasteiger partial charge on any atom is 0.307 e. The Morgan fingerprint density at radius 2 is 1.80 bits per heavy atom. The van der Waals surface area contributed by atoms with Gasteiger partial charge in [0.25, 0.3) is 0 Å². The van der Waals surface area contributed by atoms with Gasteiger partial charge < -0.3 is 10.4 Å². The molecular formula is C17H19NO2. The van der Waals surface area contributed by atoms with Crippen LogP contribution in [0.5, 0.6) is 0 Å². The third-order valence-corrected chi connectivity index (χ3v) is 3.36. The Morgan fingerprint density at radius 3 is 2.50 bits per heavy atom. The molecule has 104 valence electrons. The largest absolute Gasteiger partial charge is 0.481 e. The molecule has 0 unspecified atom stereocenters. The maximum atomic E-state index is 10.9. The molecule has 0 saturated heterocycles. The van der Waals surface area contributed by atoms with E-state index in [4.69, 9.17) is 5.11 Å². The third-order valence-electron chi connectivity index (χ3n) is 3.36. The van der Waals surface area contributed by atoms with Crippen LogP contribution in [0.15, 0.2) is 42.5 Å². The fraction of sp³-hybridized carbons (Fsp3) is 0.235. The highest BCUT2D eigenvalue weighted by atomic mass is 16.4. The van der Waals surface area contributed by atoms with Crippen molar-refractivity contribution in [1.29, 1.82) is 0 Å². The zero-order chi connectivity index (χ0) is 14.5. The predicted octanol–water partition coefficient (Wildman–Crippen LogP) is 3.93. The second-order valence-electron chi connectivity index (χ2n) is 4.82. The van der Waals surface area contributed by atoms with E-state index in [-0.39, 0.29) is 6.42 Å². The van der Waals surface area contributed by atoms with E-state index in [2.05, 4.69) is 31.3 Å². The Hall–Kier alpha value is -2.29. The summed E-state index contributed by atoms with van der Waals surface area (Å²) in [6.07, 6.45) is 0.960. The number of anilines is 2. The normalized spacial score (nSPS) is 10.3. The molecule has 2 aromatic rings. The van der Waals surface area contributed by atoms with Crippen LogP contribution in [0.2, 0.25) is 0 Å². The third kappa shape index (κ3) is 3.18. The first-order valence-electron chi connectivity index (χ1n) is 6.77. The molecule has 0 aromatic heterocycles. The standard InChI is InChI=1S/C17H19NO2/c1-3-13-9-6-7-12(2)17(13)18-15-10-5-4-8-14(15)11-16(19)20/h4-10,18H,3,11H2,1-2H3,(H,19,20). The van der Waals surface area contributed by atoms with Crippen LogP contribution in [0.3, 0.4) is 0 Å². The Balaban J connectivity index is 2.38. The fourth-order valence-corrected chi connectivity index (χ4v) is 2.30. The molecule has 20 heavy (non-hydrogen) atoms. The summed E-state index contributed by atoms with van der Waals surface area (Å²) >= 11 is 0. The lowest BCUT2D eigenvalue weighted by Crippen LogP contribution is -2.05. The Morgan fingerprint density at radius 1 is 1.10 bits per heavy atom. The van der Waals surface area contributed by atoms with Gasteiger partial charge in [0.15, 0.2) is 0 Å². The number of aliphatic carboxylic acids is 1. The summed E-state index contributed by atoms with van der Waals surface area (Å²) < 4.78 is 0. The highest BCUT2D eigenvalue weighted by molar-refractivity contribution is 5.76. The first kappa shape index (κ1) is 14.1. The average molecular weight is 269 g/mol. The van der Waals surface area contributed by atoms with Crippen molar-refractivity contribution in [1.82, 2.24) is 0 Å². The number of rotatable bonds is 5. The van der Waals surface area contributed by atoms with Crippen molar-refractivity contribution in [2.45, 2.75) is 26.7 Å². The average Bonchev–Trinajstić information content (AvgIpc) is 2.42. The van der Waals surface area contributed by atoms with Crippen LogP contribution in [0.1, 0.15) is 23.6 Å². The molecule has 0 fully saturated rings. The molecule has 3 heteroatoms. The van der Waals surface area contributed by atoms with E-state index in [0.717, 1.165) is 28.9 Å². The van der Waals surface area contributed by atoms with Gasteiger partial charge in [-0.3, -0.25) is 4.79 Å². The lowest BCUT2D eigenvalue weighted by molar-refractivity contribution is -0.136. The van der Waals surface area contributed by atoms with Crippen molar-refractivity contribution in [3.8, 4) is 0 Å². The molecule has 0 heterocycles. The molecule has 0 aliphatic heterocycles. The smallest absolute Gasteiger partial charge is 0.307 e. The summed E-state index contributed by atoms with van der Waals surface area (Å²) in [5, 5.41) is 12.4. The van der Waals surface area contributed by atoms with E-state index in [1.165, 1.54) is 5.56 Å². The second kappa shape index (κ2) is 6.24. The van der Waals surface area contributed by atoms with Gasteiger partial charge in [-0.05, 0) is 36.1 Å². The summed E-state index contributed by atoms with van der Waals surface area (Å²) in [6.45, 7) is 4.17. The summed E-state index contributed by atoms with van der Waals surface area (Å²) in [4.78, 5) is 10.9. The number of hydrogen-bond donors (Lipinski definition) is 2. The zero-order valence-electron chi connectivity index (χ0n) is 11.8. The van der Waals surface area contributed by atoms with E-state index in [0.29, 0.717) is 0 Å². The van der Waals surface area contributed by atoms with Gasteiger partial charge in [0.2, 0.25) is 0 Å². The summed E-state index contributed by atoms with van der Waals surface area (Å²) in [5.41, 5.74) is 5.13. The van der Waals surface area contributed by atoms with Crippen LogP contribution in [0, 0.1) is 6.92 Å². The molecule has 2 aromatic carbocycles. The Bertz CT molecular complexity index is 620. The molecule has 2 N–H and O–H groups in total. The van der Waals surface area contributed by atoms with Crippen molar-refractivity contribution < 1.29 is 9.90 Å². The number of nitrogens with one attached hydrogen (secondary N) is 1. The van der Waals surface area contributed by atoms with E-state index < -0.39 is 5.97 Å². The number of benzene rings is 2. The monoisotopic (exact) mass is 269 g/mol. The van der Waals surface area contributed by atoms with Crippen molar-refractivity contribution in [3.05, 3.63) is 59.2 Å². The van der Waals surface area contributed by atoms with Gasteiger partial charge in [0, 0.05) is 11.4 Å². The molecule has 0 bridgehead atoms. The number of carboxylic acids is 1. The SMILES string of the molecule is CCc1cccc(C)c1Nc1ccccc1CC(=O)O. The minimum Gasteiger partial charge on any atom is -0.481 e. The Labute approximate surface area is 119 Å². The van der Waals surface area contributed by atoms with Crippen molar-refractivity contribution >= 4 is 17.3 Å². The minimum absolute atomic E-state index is 0.0243. The number of para-hydroxylation sites is 2. The molecule has 3 nitrogen and oxygen atoms in total. The lowest BCUT2D eigenvalue weighted by Gasteiger charge is -2.16. The van der Waals surface area contributed by atoms with E-state index in [1.807, 2.05) is 30.3 Å². The molecule has 0 radical (unpaired) electrons. The summed E-state index contributed by atoms with van der Waals surface area (Å²) in [7, 11) is 0. The number of hydrogen-bond acceptors (Lipinski definition) is 2. The van der Waals surface area contributed by atoms with Crippen LogP contribution >= 0.6 is 0 Å². The van der Waals surface area contributed by atoms with Crippen molar-refractivity contribution in [2.75, 3.05) is 5.32 Å². The molecule has 0 amide bonds. The molecule has 0 aliphatic carbocycles. The van der Waals surface area contributed by atoms with Crippen LogP contribution in [-0.4, -0.2) is 11.1 Å². The molecule has 0 atom stereocenters. The molecule has 0 saturated carbocycles. The summed E-state index contributed by atoms with van der Waals surface area (Å²) in [5.74, 6) is -0.820. The lowest BCUT2D eigenvalue weighted by atomic mass is 10.0. The van der Waals surface area contributed by atoms with Gasteiger partial charge in [0.05, 0.1) is 6.42 Å².